The smallest absolute Gasteiger partial charge is 0.178 e. The molecule has 152 valence electrons. The largest absolute Gasteiger partial charge is 0.497 e. The number of ether oxygens (including phenoxy) is 2. The molecule has 0 radical (unpaired) electrons. The molecule has 3 rings (SSSR count). The molecule has 0 atom stereocenters. The van der Waals surface area contributed by atoms with E-state index in [1.807, 2.05) is 32.0 Å². The van der Waals surface area contributed by atoms with Gasteiger partial charge in [0.05, 0.1) is 20.3 Å². The first-order chi connectivity index (χ1) is 13.5. The van der Waals surface area contributed by atoms with Crippen molar-refractivity contribution in [3.05, 3.63) is 47.3 Å². The first-order valence-corrected chi connectivity index (χ1v) is 9.83. The number of rotatable bonds is 8. The standard InChI is InChI=1S/C22H31N3O3/c1-17-15-21(18(2)25(17)13-14-27-3)22(26)16-23-9-11-24(12-10-23)19-5-7-20(28-4)8-6-19/h5-8,15H,9-14,16H2,1-4H3. The van der Waals surface area contributed by atoms with Crippen molar-refractivity contribution in [3.8, 4) is 5.75 Å². The molecule has 0 amide bonds. The number of piperazine rings is 1. The third-order valence-electron chi connectivity index (χ3n) is 5.57. The van der Waals surface area contributed by atoms with Gasteiger partial charge in [-0.2, -0.15) is 0 Å². The zero-order valence-corrected chi connectivity index (χ0v) is 17.4. The Morgan fingerprint density at radius 2 is 1.71 bits per heavy atom. The molecule has 0 bridgehead atoms. The maximum absolute atomic E-state index is 12.9. The van der Waals surface area contributed by atoms with Crippen LogP contribution in [-0.4, -0.2) is 68.8 Å². The third kappa shape index (κ3) is 4.56. The van der Waals surface area contributed by atoms with Crippen LogP contribution in [0.2, 0.25) is 0 Å². The highest BCUT2D eigenvalue weighted by molar-refractivity contribution is 5.99. The molecular formula is C22H31N3O3. The highest BCUT2D eigenvalue weighted by atomic mass is 16.5. The minimum atomic E-state index is 0.203. The molecule has 0 N–H and O–H groups in total. The summed E-state index contributed by atoms with van der Waals surface area (Å²) in [6, 6.07) is 10.2. The number of methoxy groups -OCH3 is 2. The average molecular weight is 386 g/mol. The third-order valence-corrected chi connectivity index (χ3v) is 5.57. The molecule has 0 aliphatic carbocycles. The molecule has 0 spiro atoms. The van der Waals surface area contributed by atoms with Crippen LogP contribution in [0.4, 0.5) is 5.69 Å². The van der Waals surface area contributed by atoms with Crippen molar-refractivity contribution in [2.45, 2.75) is 20.4 Å². The molecule has 6 heteroatoms. The monoisotopic (exact) mass is 385 g/mol. The zero-order valence-electron chi connectivity index (χ0n) is 17.4. The van der Waals surface area contributed by atoms with Gasteiger partial charge in [0.25, 0.3) is 0 Å². The first-order valence-electron chi connectivity index (χ1n) is 9.83. The molecule has 1 aromatic heterocycles. The van der Waals surface area contributed by atoms with Crippen molar-refractivity contribution in [3.63, 3.8) is 0 Å². The van der Waals surface area contributed by atoms with Gasteiger partial charge < -0.3 is 18.9 Å². The number of aromatic nitrogens is 1. The molecule has 1 fully saturated rings. The second kappa shape index (κ2) is 9.26. The van der Waals surface area contributed by atoms with E-state index in [0.717, 1.165) is 55.4 Å². The van der Waals surface area contributed by atoms with Gasteiger partial charge in [-0.15, -0.1) is 0 Å². The highest BCUT2D eigenvalue weighted by Crippen LogP contribution is 2.21. The van der Waals surface area contributed by atoms with E-state index in [0.29, 0.717) is 13.2 Å². The summed E-state index contributed by atoms with van der Waals surface area (Å²) < 4.78 is 12.6. The molecule has 1 aliphatic rings. The molecule has 1 aliphatic heterocycles. The maximum atomic E-state index is 12.9. The summed E-state index contributed by atoms with van der Waals surface area (Å²) in [4.78, 5) is 17.5. The van der Waals surface area contributed by atoms with Crippen molar-refractivity contribution >= 4 is 11.5 Å². The van der Waals surface area contributed by atoms with Crippen molar-refractivity contribution < 1.29 is 14.3 Å². The lowest BCUT2D eigenvalue weighted by Gasteiger charge is -2.35. The van der Waals surface area contributed by atoms with E-state index in [4.69, 9.17) is 9.47 Å². The molecule has 2 heterocycles. The Balaban J connectivity index is 1.56. The zero-order chi connectivity index (χ0) is 20.1. The Morgan fingerprint density at radius 3 is 2.32 bits per heavy atom. The number of nitrogens with zero attached hydrogens (tertiary/aromatic N) is 3. The summed E-state index contributed by atoms with van der Waals surface area (Å²) in [5.41, 5.74) is 4.19. The number of carbonyl (C=O) groups excluding carboxylic acids is 1. The summed E-state index contributed by atoms with van der Waals surface area (Å²) in [5.74, 6) is 1.07. The molecule has 1 aromatic carbocycles. The summed E-state index contributed by atoms with van der Waals surface area (Å²) >= 11 is 0. The van der Waals surface area contributed by atoms with Crippen LogP contribution in [0.25, 0.3) is 0 Å². The summed E-state index contributed by atoms with van der Waals surface area (Å²) in [6.45, 7) is 9.61. The van der Waals surface area contributed by atoms with E-state index in [9.17, 15) is 4.79 Å². The number of hydrogen-bond donors (Lipinski definition) is 0. The molecule has 1 saturated heterocycles. The normalized spacial score (nSPS) is 15.1. The van der Waals surface area contributed by atoms with Crippen LogP contribution in [0.3, 0.4) is 0 Å². The van der Waals surface area contributed by atoms with E-state index in [2.05, 4.69) is 26.5 Å². The molecule has 28 heavy (non-hydrogen) atoms. The average Bonchev–Trinajstić information content (AvgIpc) is 3.01. The lowest BCUT2D eigenvalue weighted by Crippen LogP contribution is -2.48. The van der Waals surface area contributed by atoms with Gasteiger partial charge in [-0.05, 0) is 44.2 Å². The van der Waals surface area contributed by atoms with Gasteiger partial charge >= 0.3 is 0 Å². The van der Waals surface area contributed by atoms with Gasteiger partial charge in [-0.25, -0.2) is 0 Å². The quantitative estimate of drug-likeness (QED) is 0.654. The topological polar surface area (TPSA) is 46.9 Å². The van der Waals surface area contributed by atoms with Crippen LogP contribution in [0, 0.1) is 13.8 Å². The number of carbonyl (C=O) groups is 1. The fourth-order valence-corrected chi connectivity index (χ4v) is 3.86. The summed E-state index contributed by atoms with van der Waals surface area (Å²) in [5, 5.41) is 0. The van der Waals surface area contributed by atoms with E-state index in [-0.39, 0.29) is 5.78 Å². The van der Waals surface area contributed by atoms with E-state index >= 15 is 0 Å². The number of hydrogen-bond acceptors (Lipinski definition) is 5. The van der Waals surface area contributed by atoms with E-state index < -0.39 is 0 Å². The summed E-state index contributed by atoms with van der Waals surface area (Å²) in [7, 11) is 3.38. The van der Waals surface area contributed by atoms with Crippen LogP contribution in [-0.2, 0) is 11.3 Å². The minimum Gasteiger partial charge on any atom is -0.497 e. The molecule has 0 saturated carbocycles. The molecule has 2 aromatic rings. The van der Waals surface area contributed by atoms with Crippen molar-refractivity contribution in [1.82, 2.24) is 9.47 Å². The fraction of sp³-hybridized carbons (Fsp3) is 0.500. The van der Waals surface area contributed by atoms with E-state index in [1.165, 1.54) is 5.69 Å². The molecule has 0 unspecified atom stereocenters. The second-order valence-electron chi connectivity index (χ2n) is 7.31. The fourth-order valence-electron chi connectivity index (χ4n) is 3.86. The Kier molecular flexibility index (Phi) is 6.75. The highest BCUT2D eigenvalue weighted by Gasteiger charge is 2.22. The SMILES string of the molecule is COCCn1c(C)cc(C(=O)CN2CCN(c3ccc(OC)cc3)CC2)c1C. The lowest BCUT2D eigenvalue weighted by atomic mass is 10.1. The van der Waals surface area contributed by atoms with Crippen LogP contribution in [0.1, 0.15) is 21.7 Å². The predicted octanol–water partition coefficient (Wildman–Crippen LogP) is 2.76. The van der Waals surface area contributed by atoms with Gasteiger partial charge in [0, 0.05) is 62.5 Å². The van der Waals surface area contributed by atoms with Gasteiger partial charge in [-0.1, -0.05) is 0 Å². The van der Waals surface area contributed by atoms with Crippen LogP contribution < -0.4 is 9.64 Å². The number of Topliss-reactive ketones (excluding diaryl/α,β-unsaturated/α-hetero) is 1. The van der Waals surface area contributed by atoms with Crippen molar-refractivity contribution in [2.24, 2.45) is 0 Å². The minimum absolute atomic E-state index is 0.203. The lowest BCUT2D eigenvalue weighted by molar-refractivity contribution is 0.0925. The van der Waals surface area contributed by atoms with Crippen LogP contribution >= 0.6 is 0 Å². The molecule has 6 nitrogen and oxygen atoms in total. The van der Waals surface area contributed by atoms with Crippen molar-refractivity contribution in [2.75, 3.05) is 58.5 Å². The number of anilines is 1. The summed E-state index contributed by atoms with van der Waals surface area (Å²) in [6.07, 6.45) is 0. The number of ketones is 1. The van der Waals surface area contributed by atoms with E-state index in [1.54, 1.807) is 14.2 Å². The van der Waals surface area contributed by atoms with Crippen LogP contribution in [0.15, 0.2) is 30.3 Å². The Hall–Kier alpha value is -2.31. The first kappa shape index (κ1) is 20.4. The van der Waals surface area contributed by atoms with Gasteiger partial charge in [0.15, 0.2) is 5.78 Å². The van der Waals surface area contributed by atoms with Gasteiger partial charge in [0.2, 0.25) is 0 Å². The Bertz CT molecular complexity index is 790. The number of benzene rings is 1. The predicted molar refractivity (Wildman–Crippen MR) is 112 cm³/mol. The maximum Gasteiger partial charge on any atom is 0.178 e. The van der Waals surface area contributed by atoms with Gasteiger partial charge in [0.1, 0.15) is 5.75 Å². The molecular weight excluding hydrogens is 354 g/mol. The Labute approximate surface area is 167 Å². The van der Waals surface area contributed by atoms with Gasteiger partial charge in [-0.3, -0.25) is 9.69 Å². The second-order valence-corrected chi connectivity index (χ2v) is 7.31. The Morgan fingerprint density at radius 1 is 1.04 bits per heavy atom. The van der Waals surface area contributed by atoms with Crippen LogP contribution in [0.5, 0.6) is 5.75 Å². The van der Waals surface area contributed by atoms with Crippen molar-refractivity contribution in [1.29, 1.82) is 0 Å². The number of aryl methyl sites for hydroxylation is 1.